The van der Waals surface area contributed by atoms with E-state index < -0.39 is 6.10 Å². The van der Waals surface area contributed by atoms with Gasteiger partial charge < -0.3 is 14.6 Å². The SMILES string of the molecule is C#CCOC[C@@H](O)CN(CCOC)Cc1ccccc1C. The molecule has 4 nitrogen and oxygen atoms in total. The van der Waals surface area contributed by atoms with Crippen LogP contribution in [0.1, 0.15) is 11.1 Å². The van der Waals surface area contributed by atoms with Crippen molar-refractivity contribution < 1.29 is 14.6 Å². The number of methoxy groups -OCH3 is 1. The molecule has 1 aromatic carbocycles. The number of hydrogen-bond acceptors (Lipinski definition) is 4. The predicted molar refractivity (Wildman–Crippen MR) is 84.0 cm³/mol. The van der Waals surface area contributed by atoms with E-state index >= 15 is 0 Å². The minimum atomic E-state index is -0.556. The Labute approximate surface area is 127 Å². The fraction of sp³-hybridized carbons (Fsp3) is 0.529. The summed E-state index contributed by atoms with van der Waals surface area (Å²) < 4.78 is 10.3. The molecule has 1 rings (SSSR count). The van der Waals surface area contributed by atoms with Crippen molar-refractivity contribution in [2.75, 3.05) is 40.0 Å². The molecular formula is C17H25NO3. The zero-order chi connectivity index (χ0) is 15.5. The number of benzene rings is 1. The average Bonchev–Trinajstić information content (AvgIpc) is 2.47. The first-order valence-corrected chi connectivity index (χ1v) is 7.12. The van der Waals surface area contributed by atoms with Gasteiger partial charge in [0.1, 0.15) is 6.61 Å². The van der Waals surface area contributed by atoms with Crippen LogP contribution in [0.3, 0.4) is 0 Å². The predicted octanol–water partition coefficient (Wildman–Crippen LogP) is 1.45. The zero-order valence-electron chi connectivity index (χ0n) is 12.9. The third kappa shape index (κ3) is 7.26. The Balaban J connectivity index is 2.55. The van der Waals surface area contributed by atoms with Crippen molar-refractivity contribution in [3.8, 4) is 12.3 Å². The van der Waals surface area contributed by atoms with Crippen LogP contribution in [-0.2, 0) is 16.0 Å². The number of hydrogen-bond donors (Lipinski definition) is 1. The molecule has 0 aromatic heterocycles. The fourth-order valence-corrected chi connectivity index (χ4v) is 2.09. The highest BCUT2D eigenvalue weighted by Gasteiger charge is 2.13. The second-order valence-electron chi connectivity index (χ2n) is 5.03. The first kappa shape index (κ1) is 17.7. The molecule has 0 aliphatic carbocycles. The van der Waals surface area contributed by atoms with Crippen molar-refractivity contribution >= 4 is 0 Å². The van der Waals surface area contributed by atoms with Crippen molar-refractivity contribution in [2.45, 2.75) is 19.6 Å². The summed E-state index contributed by atoms with van der Waals surface area (Å²) in [5.74, 6) is 2.39. The third-order valence-electron chi connectivity index (χ3n) is 3.23. The quantitative estimate of drug-likeness (QED) is 0.523. The molecule has 0 spiro atoms. The highest BCUT2D eigenvalue weighted by atomic mass is 16.5. The molecule has 0 saturated heterocycles. The van der Waals surface area contributed by atoms with Gasteiger partial charge in [0, 0.05) is 26.7 Å². The van der Waals surface area contributed by atoms with Gasteiger partial charge in [-0.15, -0.1) is 6.42 Å². The molecule has 0 bridgehead atoms. The molecule has 0 aliphatic rings. The standard InChI is InChI=1S/C17H25NO3/c1-4-10-21-14-17(19)13-18(9-11-20-3)12-16-8-6-5-7-15(16)2/h1,5-8,17,19H,9-14H2,2-3H3/t17-/m0/s1. The maximum absolute atomic E-state index is 10.0. The van der Waals surface area contributed by atoms with Gasteiger partial charge in [-0.05, 0) is 18.1 Å². The Morgan fingerprint density at radius 3 is 2.81 bits per heavy atom. The lowest BCUT2D eigenvalue weighted by atomic mass is 10.1. The van der Waals surface area contributed by atoms with Gasteiger partial charge >= 0.3 is 0 Å². The molecule has 0 heterocycles. The fourth-order valence-electron chi connectivity index (χ4n) is 2.09. The van der Waals surface area contributed by atoms with Crippen molar-refractivity contribution in [3.05, 3.63) is 35.4 Å². The van der Waals surface area contributed by atoms with Gasteiger partial charge in [0.25, 0.3) is 0 Å². The van der Waals surface area contributed by atoms with Crippen LogP contribution >= 0.6 is 0 Å². The van der Waals surface area contributed by atoms with Crippen LogP contribution < -0.4 is 0 Å². The number of aliphatic hydroxyl groups is 1. The highest BCUT2D eigenvalue weighted by molar-refractivity contribution is 5.25. The van der Waals surface area contributed by atoms with E-state index in [2.05, 4.69) is 29.9 Å². The smallest absolute Gasteiger partial charge is 0.107 e. The Bertz CT molecular complexity index is 442. The maximum Gasteiger partial charge on any atom is 0.107 e. The van der Waals surface area contributed by atoms with Crippen LogP contribution in [-0.4, -0.2) is 56.1 Å². The lowest BCUT2D eigenvalue weighted by Gasteiger charge is -2.25. The van der Waals surface area contributed by atoms with Crippen molar-refractivity contribution in [1.82, 2.24) is 4.90 Å². The number of rotatable bonds is 10. The minimum Gasteiger partial charge on any atom is -0.389 e. The Morgan fingerprint density at radius 2 is 2.14 bits per heavy atom. The summed E-state index contributed by atoms with van der Waals surface area (Å²) in [6, 6.07) is 8.26. The molecule has 0 fully saturated rings. The maximum atomic E-state index is 10.0. The monoisotopic (exact) mass is 291 g/mol. The van der Waals surface area contributed by atoms with Gasteiger partial charge in [-0.1, -0.05) is 30.2 Å². The van der Waals surface area contributed by atoms with Gasteiger partial charge in [-0.2, -0.15) is 0 Å². The summed E-state index contributed by atoms with van der Waals surface area (Å²) in [5.41, 5.74) is 2.50. The van der Waals surface area contributed by atoms with E-state index in [0.717, 1.165) is 13.1 Å². The minimum absolute atomic E-state index is 0.229. The van der Waals surface area contributed by atoms with E-state index in [0.29, 0.717) is 13.2 Å². The van der Waals surface area contributed by atoms with Crippen molar-refractivity contribution in [3.63, 3.8) is 0 Å². The summed E-state index contributed by atoms with van der Waals surface area (Å²) in [6.45, 7) is 5.27. The summed E-state index contributed by atoms with van der Waals surface area (Å²) in [4.78, 5) is 2.16. The summed E-state index contributed by atoms with van der Waals surface area (Å²) in [7, 11) is 1.68. The number of aryl methyl sites for hydroxylation is 1. The van der Waals surface area contributed by atoms with Crippen molar-refractivity contribution in [2.24, 2.45) is 0 Å². The van der Waals surface area contributed by atoms with E-state index in [-0.39, 0.29) is 13.2 Å². The van der Waals surface area contributed by atoms with Gasteiger partial charge in [0.2, 0.25) is 0 Å². The Hall–Kier alpha value is -1.38. The summed E-state index contributed by atoms with van der Waals surface area (Å²) in [5, 5.41) is 10.0. The van der Waals surface area contributed by atoms with Gasteiger partial charge in [0.05, 0.1) is 19.3 Å². The zero-order valence-corrected chi connectivity index (χ0v) is 12.9. The highest BCUT2D eigenvalue weighted by Crippen LogP contribution is 2.11. The van der Waals surface area contributed by atoms with E-state index in [1.807, 2.05) is 12.1 Å². The Morgan fingerprint density at radius 1 is 1.38 bits per heavy atom. The van der Waals surface area contributed by atoms with E-state index in [1.165, 1.54) is 11.1 Å². The first-order chi connectivity index (χ1) is 10.2. The van der Waals surface area contributed by atoms with E-state index in [1.54, 1.807) is 7.11 Å². The van der Waals surface area contributed by atoms with Crippen LogP contribution in [0.15, 0.2) is 24.3 Å². The number of ether oxygens (including phenoxy) is 2. The molecule has 0 radical (unpaired) electrons. The van der Waals surface area contributed by atoms with Crippen LogP contribution in [0, 0.1) is 19.3 Å². The van der Waals surface area contributed by atoms with Crippen LogP contribution in [0.2, 0.25) is 0 Å². The second kappa shape index (κ2) is 10.4. The number of terminal acetylenes is 1. The average molecular weight is 291 g/mol. The molecule has 4 heteroatoms. The van der Waals surface area contributed by atoms with Crippen LogP contribution in [0.25, 0.3) is 0 Å². The topological polar surface area (TPSA) is 41.9 Å². The molecule has 1 N–H and O–H groups in total. The molecule has 116 valence electrons. The van der Waals surface area contributed by atoms with Crippen LogP contribution in [0.5, 0.6) is 0 Å². The van der Waals surface area contributed by atoms with Gasteiger partial charge in [-0.25, -0.2) is 0 Å². The summed E-state index contributed by atoms with van der Waals surface area (Å²) in [6.07, 6.45) is 4.56. The third-order valence-corrected chi connectivity index (χ3v) is 3.23. The normalized spacial score (nSPS) is 12.3. The van der Waals surface area contributed by atoms with Crippen LogP contribution in [0.4, 0.5) is 0 Å². The van der Waals surface area contributed by atoms with E-state index in [4.69, 9.17) is 15.9 Å². The summed E-state index contributed by atoms with van der Waals surface area (Å²) >= 11 is 0. The molecule has 0 saturated carbocycles. The molecule has 1 aromatic rings. The largest absolute Gasteiger partial charge is 0.389 e. The van der Waals surface area contributed by atoms with Gasteiger partial charge in [-0.3, -0.25) is 4.90 Å². The molecule has 1 atom stereocenters. The van der Waals surface area contributed by atoms with Gasteiger partial charge in [0.15, 0.2) is 0 Å². The van der Waals surface area contributed by atoms with Crippen molar-refractivity contribution in [1.29, 1.82) is 0 Å². The molecular weight excluding hydrogens is 266 g/mol. The Kier molecular flexibility index (Phi) is 8.72. The first-order valence-electron chi connectivity index (χ1n) is 7.12. The van der Waals surface area contributed by atoms with E-state index in [9.17, 15) is 5.11 Å². The lowest BCUT2D eigenvalue weighted by Crippen LogP contribution is -2.36. The molecule has 0 unspecified atom stereocenters. The molecule has 21 heavy (non-hydrogen) atoms. The lowest BCUT2D eigenvalue weighted by molar-refractivity contribution is 0.0207. The second-order valence-corrected chi connectivity index (χ2v) is 5.03. The molecule has 0 amide bonds. The number of aliphatic hydroxyl groups excluding tert-OH is 1. The molecule has 0 aliphatic heterocycles. The number of nitrogens with zero attached hydrogens (tertiary/aromatic N) is 1.